The zero-order chi connectivity index (χ0) is 13.3. The van der Waals surface area contributed by atoms with Crippen molar-refractivity contribution >= 4 is 0 Å². The molecule has 1 aromatic rings. The molecular formula is C11H16N2O5. The van der Waals surface area contributed by atoms with Crippen molar-refractivity contribution in [2.24, 2.45) is 5.92 Å². The molecule has 100 valence electrons. The Morgan fingerprint density at radius 2 is 2.28 bits per heavy atom. The van der Waals surface area contributed by atoms with Crippen LogP contribution < -0.4 is 11.2 Å². The number of nitrogens with zero attached hydrogens (tertiary/aromatic N) is 1. The number of aromatic amines is 1. The van der Waals surface area contributed by atoms with E-state index in [4.69, 9.17) is 9.47 Å². The Labute approximate surface area is 103 Å². The lowest BCUT2D eigenvalue weighted by atomic mass is 10.0. The molecule has 2 N–H and O–H groups in total. The number of aliphatic hydroxyl groups excluding tert-OH is 1. The molecule has 0 aromatic carbocycles. The van der Waals surface area contributed by atoms with E-state index in [1.54, 1.807) is 0 Å². The first-order valence-corrected chi connectivity index (χ1v) is 5.69. The first-order valence-electron chi connectivity index (χ1n) is 5.69. The maximum Gasteiger partial charge on any atom is 0.330 e. The lowest BCUT2D eigenvalue weighted by Crippen LogP contribution is -2.36. The van der Waals surface area contributed by atoms with Crippen molar-refractivity contribution in [3.63, 3.8) is 0 Å². The van der Waals surface area contributed by atoms with Gasteiger partial charge in [-0.2, -0.15) is 0 Å². The molecule has 0 bridgehead atoms. The third-order valence-electron chi connectivity index (χ3n) is 3.28. The molecule has 1 aromatic heterocycles. The molecule has 7 heteroatoms. The molecule has 0 saturated carbocycles. The highest BCUT2D eigenvalue weighted by Crippen LogP contribution is 2.34. The quantitative estimate of drug-likeness (QED) is 0.729. The van der Waals surface area contributed by atoms with Gasteiger partial charge >= 0.3 is 5.69 Å². The van der Waals surface area contributed by atoms with Gasteiger partial charge in [0, 0.05) is 25.3 Å². The predicted octanol–water partition coefficient (Wildman–Crippen LogP) is -0.923. The third-order valence-corrected chi connectivity index (χ3v) is 3.28. The van der Waals surface area contributed by atoms with Crippen molar-refractivity contribution in [1.29, 1.82) is 0 Å². The van der Waals surface area contributed by atoms with Gasteiger partial charge in [0.05, 0.1) is 12.7 Å². The minimum Gasteiger partial charge on any atom is -0.394 e. The van der Waals surface area contributed by atoms with Crippen LogP contribution >= 0.6 is 0 Å². The number of H-pyrrole nitrogens is 1. The fraction of sp³-hybridized carbons (Fsp3) is 0.636. The second kappa shape index (κ2) is 5.05. The first-order chi connectivity index (χ1) is 8.58. The van der Waals surface area contributed by atoms with Crippen molar-refractivity contribution in [3.8, 4) is 0 Å². The lowest BCUT2D eigenvalue weighted by molar-refractivity contribution is -0.0625. The molecule has 4 atom stereocenters. The molecule has 0 amide bonds. The second-order valence-corrected chi connectivity index (χ2v) is 4.32. The molecule has 2 heterocycles. The SMILES string of the molecule is CO[C@@H]1[C@H](C)[C@@H](CO)O[C@H]1n1ccc(=O)[nH]c1=O. The summed E-state index contributed by atoms with van der Waals surface area (Å²) in [7, 11) is 1.52. The number of ether oxygens (including phenoxy) is 2. The molecular weight excluding hydrogens is 240 g/mol. The molecule has 2 rings (SSSR count). The average Bonchev–Trinajstić information content (AvgIpc) is 2.65. The van der Waals surface area contributed by atoms with Gasteiger partial charge in [-0.25, -0.2) is 4.79 Å². The number of aromatic nitrogens is 2. The summed E-state index contributed by atoms with van der Waals surface area (Å²) in [6.07, 6.45) is -0.0272. The Morgan fingerprint density at radius 1 is 1.56 bits per heavy atom. The molecule has 18 heavy (non-hydrogen) atoms. The van der Waals surface area contributed by atoms with Crippen LogP contribution in [0.2, 0.25) is 0 Å². The van der Waals surface area contributed by atoms with E-state index in [0.29, 0.717) is 0 Å². The van der Waals surface area contributed by atoms with Gasteiger partial charge in [-0.05, 0) is 0 Å². The second-order valence-electron chi connectivity index (χ2n) is 4.32. The van der Waals surface area contributed by atoms with Crippen molar-refractivity contribution < 1.29 is 14.6 Å². The van der Waals surface area contributed by atoms with E-state index in [9.17, 15) is 14.7 Å². The van der Waals surface area contributed by atoms with Crippen molar-refractivity contribution in [1.82, 2.24) is 9.55 Å². The monoisotopic (exact) mass is 256 g/mol. The number of methoxy groups -OCH3 is 1. The highest BCUT2D eigenvalue weighted by molar-refractivity contribution is 4.92. The van der Waals surface area contributed by atoms with Crippen molar-refractivity contribution in [3.05, 3.63) is 33.1 Å². The van der Waals surface area contributed by atoms with Crippen LogP contribution in [0.15, 0.2) is 21.9 Å². The van der Waals surface area contributed by atoms with Crippen molar-refractivity contribution in [2.75, 3.05) is 13.7 Å². The van der Waals surface area contributed by atoms with Crippen LogP contribution in [0.4, 0.5) is 0 Å². The molecule has 1 aliphatic rings. The van der Waals surface area contributed by atoms with Crippen LogP contribution in [0, 0.1) is 5.92 Å². The van der Waals surface area contributed by atoms with E-state index in [2.05, 4.69) is 4.98 Å². The average molecular weight is 256 g/mol. The van der Waals surface area contributed by atoms with Crippen molar-refractivity contribution in [2.45, 2.75) is 25.4 Å². The standard InChI is InChI=1S/C11H16N2O5/c1-6-7(5-14)18-10(9(6)17-2)13-4-3-8(15)12-11(13)16/h3-4,6-7,9-10,14H,5H2,1-2H3,(H,12,15,16)/t6-,7-,9-,10-/m1/s1. The van der Waals surface area contributed by atoms with Gasteiger partial charge in [0.15, 0.2) is 6.23 Å². The van der Waals surface area contributed by atoms with Gasteiger partial charge in [-0.1, -0.05) is 6.92 Å². The van der Waals surface area contributed by atoms with Crippen LogP contribution in [0.1, 0.15) is 13.2 Å². The van der Waals surface area contributed by atoms with Crippen LogP contribution in [0.5, 0.6) is 0 Å². The van der Waals surface area contributed by atoms with E-state index in [1.807, 2.05) is 6.92 Å². The van der Waals surface area contributed by atoms with E-state index in [0.717, 1.165) is 0 Å². The van der Waals surface area contributed by atoms with Gasteiger partial charge in [-0.15, -0.1) is 0 Å². The summed E-state index contributed by atoms with van der Waals surface area (Å²) in [6.45, 7) is 1.74. The Hall–Kier alpha value is -1.44. The Kier molecular flexibility index (Phi) is 3.65. The summed E-state index contributed by atoms with van der Waals surface area (Å²) >= 11 is 0. The molecule has 7 nitrogen and oxygen atoms in total. The van der Waals surface area contributed by atoms with Gasteiger partial charge in [-0.3, -0.25) is 14.3 Å². The van der Waals surface area contributed by atoms with Gasteiger partial charge in [0.25, 0.3) is 5.56 Å². The summed E-state index contributed by atoms with van der Waals surface area (Å²) in [6, 6.07) is 1.24. The topological polar surface area (TPSA) is 93.5 Å². The fourth-order valence-electron chi connectivity index (χ4n) is 2.24. The van der Waals surface area contributed by atoms with Gasteiger partial charge < -0.3 is 14.6 Å². The molecule has 1 saturated heterocycles. The number of hydrogen-bond donors (Lipinski definition) is 2. The maximum absolute atomic E-state index is 11.7. The highest BCUT2D eigenvalue weighted by atomic mass is 16.6. The molecule has 1 aliphatic heterocycles. The molecule has 1 fully saturated rings. The van der Waals surface area contributed by atoms with Crippen LogP contribution in [-0.2, 0) is 9.47 Å². The number of hydrogen-bond acceptors (Lipinski definition) is 5. The van der Waals surface area contributed by atoms with Crippen LogP contribution in [-0.4, -0.2) is 40.6 Å². The molecule has 0 aliphatic carbocycles. The fourth-order valence-corrected chi connectivity index (χ4v) is 2.24. The number of nitrogens with one attached hydrogen (secondary N) is 1. The van der Waals surface area contributed by atoms with Crippen LogP contribution in [0.25, 0.3) is 0 Å². The van der Waals surface area contributed by atoms with Gasteiger partial charge in [0.2, 0.25) is 0 Å². The highest BCUT2D eigenvalue weighted by Gasteiger charge is 2.43. The summed E-state index contributed by atoms with van der Waals surface area (Å²) < 4.78 is 12.2. The predicted molar refractivity (Wildman–Crippen MR) is 62.3 cm³/mol. The zero-order valence-electron chi connectivity index (χ0n) is 10.2. The molecule has 0 spiro atoms. The summed E-state index contributed by atoms with van der Waals surface area (Å²) in [5.41, 5.74) is -1.02. The minimum absolute atomic E-state index is 0.0520. The first kappa shape index (κ1) is 13.0. The molecule has 0 radical (unpaired) electrons. The van der Waals surface area contributed by atoms with E-state index in [-0.39, 0.29) is 18.6 Å². The van der Waals surface area contributed by atoms with E-state index >= 15 is 0 Å². The Balaban J connectivity index is 2.38. The zero-order valence-corrected chi connectivity index (χ0v) is 10.2. The Morgan fingerprint density at radius 3 is 2.83 bits per heavy atom. The molecule has 0 unspecified atom stereocenters. The van der Waals surface area contributed by atoms with E-state index < -0.39 is 23.6 Å². The van der Waals surface area contributed by atoms with Crippen LogP contribution in [0.3, 0.4) is 0 Å². The van der Waals surface area contributed by atoms with Gasteiger partial charge in [0.1, 0.15) is 6.10 Å². The maximum atomic E-state index is 11.7. The smallest absolute Gasteiger partial charge is 0.330 e. The minimum atomic E-state index is -0.647. The normalized spacial score (nSPS) is 31.7. The number of aliphatic hydroxyl groups is 1. The Bertz CT molecular complexity index is 523. The third kappa shape index (κ3) is 2.12. The summed E-state index contributed by atoms with van der Waals surface area (Å²) in [4.78, 5) is 24.9. The largest absolute Gasteiger partial charge is 0.394 e. The van der Waals surface area contributed by atoms with E-state index in [1.165, 1.54) is 23.9 Å². The summed E-state index contributed by atoms with van der Waals surface area (Å²) in [5, 5.41) is 9.20. The number of rotatable bonds is 3. The lowest BCUT2D eigenvalue weighted by Gasteiger charge is -2.20. The summed E-state index contributed by atoms with van der Waals surface area (Å²) in [5.74, 6) is -0.0520.